The van der Waals surface area contributed by atoms with Gasteiger partial charge < -0.3 is 10.1 Å². The van der Waals surface area contributed by atoms with Crippen LogP contribution in [0.3, 0.4) is 0 Å². The van der Waals surface area contributed by atoms with Crippen LogP contribution in [0.15, 0.2) is 36.7 Å². The molecule has 0 radical (unpaired) electrons. The second-order valence-electron chi connectivity index (χ2n) is 4.25. The zero-order chi connectivity index (χ0) is 14.7. The van der Waals surface area contributed by atoms with Gasteiger partial charge in [0.1, 0.15) is 5.82 Å². The molecule has 1 N–H and O–H groups in total. The third-order valence-corrected chi connectivity index (χ3v) is 3.61. The van der Waals surface area contributed by atoms with Crippen molar-refractivity contribution in [2.75, 3.05) is 12.4 Å². The van der Waals surface area contributed by atoms with Crippen LogP contribution in [0, 0.1) is 6.92 Å². The summed E-state index contributed by atoms with van der Waals surface area (Å²) in [4.78, 5) is 18.0. The lowest BCUT2D eigenvalue weighted by Crippen LogP contribution is -1.99. The van der Waals surface area contributed by atoms with E-state index in [2.05, 4.69) is 25.3 Å². The van der Waals surface area contributed by atoms with E-state index >= 15 is 0 Å². The highest BCUT2D eigenvalue weighted by Crippen LogP contribution is 2.29. The molecule has 0 spiro atoms. The molecule has 0 aliphatic carbocycles. The molecular weight excluding hydrogens is 286 g/mol. The van der Waals surface area contributed by atoms with E-state index in [0.717, 1.165) is 21.4 Å². The Hall–Kier alpha value is -2.54. The molecule has 0 bridgehead atoms. The van der Waals surface area contributed by atoms with Gasteiger partial charge in [-0.1, -0.05) is 17.4 Å². The van der Waals surface area contributed by atoms with Crippen LogP contribution in [0.2, 0.25) is 0 Å². The predicted molar refractivity (Wildman–Crippen MR) is 81.9 cm³/mol. The largest absolute Gasteiger partial charge is 0.467 e. The standard InChI is InChI=1S/C14H13N5OS/c1-9-7-12(18-13(17-9)20-2)19-14-16-8-11(21-14)10-5-3-4-6-15-10/h3-8H,1-2H3,(H,16,17,18,19). The molecule has 7 heteroatoms. The van der Waals surface area contributed by atoms with Crippen LogP contribution in [0.5, 0.6) is 6.01 Å². The summed E-state index contributed by atoms with van der Waals surface area (Å²) < 4.78 is 5.06. The number of aromatic nitrogens is 4. The molecule has 0 unspecified atom stereocenters. The second-order valence-corrected chi connectivity index (χ2v) is 5.28. The van der Waals surface area contributed by atoms with Crippen molar-refractivity contribution in [1.82, 2.24) is 19.9 Å². The van der Waals surface area contributed by atoms with Crippen LogP contribution in [0.25, 0.3) is 10.6 Å². The van der Waals surface area contributed by atoms with Crippen LogP contribution in [-0.2, 0) is 0 Å². The molecule has 3 aromatic rings. The number of nitrogens with zero attached hydrogens (tertiary/aromatic N) is 4. The van der Waals surface area contributed by atoms with E-state index in [0.29, 0.717) is 11.8 Å². The Labute approximate surface area is 125 Å². The molecule has 106 valence electrons. The molecule has 21 heavy (non-hydrogen) atoms. The van der Waals surface area contributed by atoms with Crippen molar-refractivity contribution < 1.29 is 4.74 Å². The number of nitrogens with one attached hydrogen (secondary N) is 1. The van der Waals surface area contributed by atoms with Crippen molar-refractivity contribution in [3.63, 3.8) is 0 Å². The summed E-state index contributed by atoms with van der Waals surface area (Å²) in [5.41, 5.74) is 1.73. The third kappa shape index (κ3) is 3.14. The molecule has 3 rings (SSSR count). The van der Waals surface area contributed by atoms with E-state index in [1.165, 1.54) is 11.3 Å². The van der Waals surface area contributed by atoms with Gasteiger partial charge in [-0.15, -0.1) is 0 Å². The lowest BCUT2D eigenvalue weighted by atomic mass is 10.3. The zero-order valence-electron chi connectivity index (χ0n) is 11.6. The van der Waals surface area contributed by atoms with Crippen LogP contribution in [0.1, 0.15) is 5.69 Å². The van der Waals surface area contributed by atoms with Gasteiger partial charge in [0.2, 0.25) is 0 Å². The maximum atomic E-state index is 5.06. The van der Waals surface area contributed by atoms with Crippen LogP contribution in [0.4, 0.5) is 10.9 Å². The van der Waals surface area contributed by atoms with Crippen molar-refractivity contribution in [2.45, 2.75) is 6.92 Å². The minimum atomic E-state index is 0.332. The van der Waals surface area contributed by atoms with Gasteiger partial charge in [0, 0.05) is 24.2 Å². The number of rotatable bonds is 4. The van der Waals surface area contributed by atoms with Gasteiger partial charge in [0.15, 0.2) is 5.13 Å². The fourth-order valence-corrected chi connectivity index (χ4v) is 2.57. The van der Waals surface area contributed by atoms with Crippen LogP contribution < -0.4 is 10.1 Å². The minimum Gasteiger partial charge on any atom is -0.467 e. The molecule has 0 amide bonds. The summed E-state index contributed by atoms with van der Waals surface area (Å²) in [6.07, 6.45) is 3.56. The molecule has 0 saturated carbocycles. The molecule has 0 aliphatic rings. The Bertz CT molecular complexity index is 744. The number of hydrogen-bond acceptors (Lipinski definition) is 7. The molecule has 0 fully saturated rings. The van der Waals surface area contributed by atoms with Gasteiger partial charge in [-0.05, 0) is 19.1 Å². The summed E-state index contributed by atoms with van der Waals surface area (Å²) in [6, 6.07) is 7.96. The number of aryl methyl sites for hydroxylation is 1. The summed E-state index contributed by atoms with van der Waals surface area (Å²) in [6.45, 7) is 1.89. The lowest BCUT2D eigenvalue weighted by Gasteiger charge is -2.04. The predicted octanol–water partition coefficient (Wildman–Crippen LogP) is 3.06. The van der Waals surface area contributed by atoms with Gasteiger partial charge in [0.25, 0.3) is 0 Å². The molecule has 0 aliphatic heterocycles. The maximum Gasteiger partial charge on any atom is 0.318 e. The van der Waals surface area contributed by atoms with Crippen molar-refractivity contribution in [1.29, 1.82) is 0 Å². The van der Waals surface area contributed by atoms with E-state index in [1.54, 1.807) is 19.5 Å². The zero-order valence-corrected chi connectivity index (χ0v) is 12.4. The van der Waals surface area contributed by atoms with Crippen molar-refractivity contribution in [2.24, 2.45) is 0 Å². The maximum absolute atomic E-state index is 5.06. The molecular formula is C14H13N5OS. The Morgan fingerprint density at radius 2 is 2.10 bits per heavy atom. The first-order chi connectivity index (χ1) is 10.2. The average Bonchev–Trinajstić information content (AvgIpc) is 2.96. The smallest absolute Gasteiger partial charge is 0.318 e. The van der Waals surface area contributed by atoms with Gasteiger partial charge in [-0.25, -0.2) is 9.97 Å². The Balaban J connectivity index is 1.83. The van der Waals surface area contributed by atoms with E-state index in [4.69, 9.17) is 4.74 Å². The van der Waals surface area contributed by atoms with Crippen LogP contribution >= 0.6 is 11.3 Å². The minimum absolute atomic E-state index is 0.332. The van der Waals surface area contributed by atoms with Crippen LogP contribution in [-0.4, -0.2) is 27.0 Å². The first-order valence-corrected chi connectivity index (χ1v) is 7.10. The molecule has 6 nitrogen and oxygen atoms in total. The van der Waals surface area contributed by atoms with Gasteiger partial charge >= 0.3 is 6.01 Å². The number of thiazole rings is 1. The van der Waals surface area contributed by atoms with Gasteiger partial charge in [0.05, 0.1) is 17.7 Å². The van der Waals surface area contributed by atoms with E-state index in [1.807, 2.05) is 31.2 Å². The average molecular weight is 299 g/mol. The highest BCUT2D eigenvalue weighted by atomic mass is 32.1. The lowest BCUT2D eigenvalue weighted by molar-refractivity contribution is 0.379. The van der Waals surface area contributed by atoms with E-state index < -0.39 is 0 Å². The molecule has 3 aromatic heterocycles. The molecule has 0 atom stereocenters. The quantitative estimate of drug-likeness (QED) is 0.798. The summed E-state index contributed by atoms with van der Waals surface area (Å²) in [5, 5.41) is 3.90. The molecule has 0 saturated heterocycles. The number of methoxy groups -OCH3 is 1. The van der Waals surface area contributed by atoms with Crippen molar-refractivity contribution >= 4 is 22.3 Å². The molecule has 3 heterocycles. The number of ether oxygens (including phenoxy) is 1. The fourth-order valence-electron chi connectivity index (χ4n) is 1.77. The third-order valence-electron chi connectivity index (χ3n) is 2.67. The normalized spacial score (nSPS) is 10.4. The Kier molecular flexibility index (Phi) is 3.74. The first-order valence-electron chi connectivity index (χ1n) is 6.28. The monoisotopic (exact) mass is 299 g/mol. The second kappa shape index (κ2) is 5.84. The van der Waals surface area contributed by atoms with E-state index in [-0.39, 0.29) is 0 Å². The number of pyridine rings is 1. The van der Waals surface area contributed by atoms with Crippen molar-refractivity contribution in [3.8, 4) is 16.6 Å². The summed E-state index contributed by atoms with van der Waals surface area (Å²) in [7, 11) is 1.54. The highest BCUT2D eigenvalue weighted by molar-refractivity contribution is 7.18. The number of anilines is 2. The first kappa shape index (κ1) is 13.4. The topological polar surface area (TPSA) is 72.8 Å². The highest BCUT2D eigenvalue weighted by Gasteiger charge is 2.07. The Morgan fingerprint density at radius 3 is 2.86 bits per heavy atom. The van der Waals surface area contributed by atoms with E-state index in [9.17, 15) is 0 Å². The van der Waals surface area contributed by atoms with Gasteiger partial charge in [-0.2, -0.15) is 4.98 Å². The fraction of sp³-hybridized carbons (Fsp3) is 0.143. The SMILES string of the molecule is COc1nc(C)cc(Nc2ncc(-c3ccccn3)s2)n1. The summed E-state index contributed by atoms with van der Waals surface area (Å²) >= 11 is 1.51. The van der Waals surface area contributed by atoms with Crippen molar-refractivity contribution in [3.05, 3.63) is 42.4 Å². The Morgan fingerprint density at radius 1 is 1.19 bits per heavy atom. The number of hydrogen-bond donors (Lipinski definition) is 1. The molecule has 0 aromatic carbocycles. The summed E-state index contributed by atoms with van der Waals surface area (Å²) in [5.74, 6) is 0.654. The van der Waals surface area contributed by atoms with Gasteiger partial charge in [-0.3, -0.25) is 4.98 Å².